The lowest BCUT2D eigenvalue weighted by Crippen LogP contribution is -2.17. The first kappa shape index (κ1) is 20.2. The number of carbonyl (C=O) groups excluding carboxylic acids is 1. The molecule has 1 aliphatic rings. The van der Waals surface area contributed by atoms with Crippen LogP contribution in [0.3, 0.4) is 0 Å². The van der Waals surface area contributed by atoms with Gasteiger partial charge in [0.05, 0.1) is 17.5 Å². The van der Waals surface area contributed by atoms with E-state index in [0.717, 1.165) is 48.6 Å². The fourth-order valence-corrected chi connectivity index (χ4v) is 4.69. The largest absolute Gasteiger partial charge is 0.376 e. The Morgan fingerprint density at radius 1 is 1.34 bits per heavy atom. The maximum Gasteiger partial charge on any atom is 0.196 e. The highest BCUT2D eigenvalue weighted by Crippen LogP contribution is 2.25. The maximum absolute atomic E-state index is 12.9. The van der Waals surface area contributed by atoms with Crippen molar-refractivity contribution in [1.82, 2.24) is 19.3 Å². The molecule has 152 valence electrons. The Hall–Kier alpha value is -2.09. The van der Waals surface area contributed by atoms with Crippen molar-refractivity contribution < 1.29 is 9.53 Å². The second-order valence-electron chi connectivity index (χ2n) is 7.21. The van der Waals surface area contributed by atoms with Crippen LogP contribution in [0.4, 0.5) is 0 Å². The number of rotatable bonds is 7. The molecule has 0 aliphatic carbocycles. The number of halogens is 1. The number of aryl methyl sites for hydroxylation is 1. The summed E-state index contributed by atoms with van der Waals surface area (Å²) in [5.41, 5.74) is 3.72. The lowest BCUT2D eigenvalue weighted by molar-refractivity contribution is 0.0957. The zero-order chi connectivity index (χ0) is 20.4. The molecule has 0 bridgehead atoms. The van der Waals surface area contributed by atoms with E-state index in [0.29, 0.717) is 15.9 Å². The zero-order valence-corrected chi connectivity index (χ0v) is 18.0. The minimum absolute atomic E-state index is 0.0855. The highest BCUT2D eigenvalue weighted by molar-refractivity contribution is 7.99. The van der Waals surface area contributed by atoms with E-state index in [-0.39, 0.29) is 11.9 Å². The van der Waals surface area contributed by atoms with E-state index in [1.807, 2.05) is 48.7 Å². The Morgan fingerprint density at radius 3 is 2.97 bits per heavy atom. The van der Waals surface area contributed by atoms with Gasteiger partial charge in [0.2, 0.25) is 0 Å². The molecule has 2 aromatic heterocycles. The third-order valence-electron chi connectivity index (χ3n) is 5.22. The smallest absolute Gasteiger partial charge is 0.196 e. The van der Waals surface area contributed by atoms with Crippen LogP contribution in [0.1, 0.15) is 34.6 Å². The molecule has 0 spiro atoms. The van der Waals surface area contributed by atoms with Crippen LogP contribution in [-0.4, -0.2) is 43.6 Å². The van der Waals surface area contributed by atoms with Gasteiger partial charge >= 0.3 is 0 Å². The van der Waals surface area contributed by atoms with Crippen LogP contribution in [0.25, 0.3) is 5.69 Å². The Labute approximate surface area is 179 Å². The summed E-state index contributed by atoms with van der Waals surface area (Å²) in [5.74, 6) is 0.381. The van der Waals surface area contributed by atoms with E-state index in [4.69, 9.17) is 16.3 Å². The number of aromatic nitrogens is 4. The number of nitrogens with zero attached hydrogens (tertiary/aromatic N) is 4. The molecule has 3 heterocycles. The number of hydrogen-bond donors (Lipinski definition) is 0. The molecule has 1 aromatic carbocycles. The third kappa shape index (κ3) is 4.42. The van der Waals surface area contributed by atoms with Crippen molar-refractivity contribution in [3.05, 3.63) is 58.6 Å². The fraction of sp³-hybridized carbons (Fsp3) is 0.381. The van der Waals surface area contributed by atoms with E-state index >= 15 is 0 Å². The highest BCUT2D eigenvalue weighted by atomic mass is 35.5. The molecule has 4 rings (SSSR count). The van der Waals surface area contributed by atoms with E-state index < -0.39 is 0 Å². The zero-order valence-electron chi connectivity index (χ0n) is 16.5. The Balaban J connectivity index is 1.46. The SMILES string of the molecule is Cc1cc(C(=O)CSc2nncn2-c2cccc(Cl)c2)c(C)n1CC1CCCO1. The summed E-state index contributed by atoms with van der Waals surface area (Å²) in [7, 11) is 0. The average Bonchev–Trinajstić information content (AvgIpc) is 3.44. The maximum atomic E-state index is 12.9. The molecule has 29 heavy (non-hydrogen) atoms. The van der Waals surface area contributed by atoms with E-state index in [1.165, 1.54) is 11.8 Å². The number of ether oxygens (including phenoxy) is 1. The minimum atomic E-state index is 0.0855. The topological polar surface area (TPSA) is 61.9 Å². The van der Waals surface area contributed by atoms with E-state index in [9.17, 15) is 4.79 Å². The molecular weight excluding hydrogens is 408 g/mol. The molecule has 1 aliphatic heterocycles. The van der Waals surface area contributed by atoms with Crippen LogP contribution < -0.4 is 0 Å². The molecule has 3 aromatic rings. The predicted octanol–water partition coefficient (Wildman–Crippen LogP) is 4.49. The van der Waals surface area contributed by atoms with Gasteiger partial charge in [-0.1, -0.05) is 29.4 Å². The summed E-state index contributed by atoms with van der Waals surface area (Å²) in [6.07, 6.45) is 4.06. The quantitative estimate of drug-likeness (QED) is 0.408. The molecule has 1 unspecified atom stereocenters. The summed E-state index contributed by atoms with van der Waals surface area (Å²) in [6.45, 7) is 5.69. The van der Waals surface area contributed by atoms with Crippen LogP contribution in [0, 0.1) is 13.8 Å². The van der Waals surface area contributed by atoms with Crippen molar-refractivity contribution in [3.8, 4) is 5.69 Å². The monoisotopic (exact) mass is 430 g/mol. The Bertz CT molecular complexity index is 1020. The van der Waals surface area contributed by atoms with Crippen LogP contribution in [0.5, 0.6) is 0 Å². The first-order chi connectivity index (χ1) is 14.0. The standard InChI is InChI=1S/C21H23ClN4O2S/c1-14-9-19(15(2)25(14)11-18-7-4-8-28-18)20(27)12-29-21-24-23-13-26(21)17-6-3-5-16(22)10-17/h3,5-6,9-10,13,18H,4,7-8,11-12H2,1-2H3. The summed E-state index contributed by atoms with van der Waals surface area (Å²) >= 11 is 7.47. The number of carbonyl (C=O) groups is 1. The van der Waals surface area contributed by atoms with Gasteiger partial charge in [-0.2, -0.15) is 0 Å². The molecule has 8 heteroatoms. The minimum Gasteiger partial charge on any atom is -0.376 e. The van der Waals surface area contributed by atoms with Gasteiger partial charge in [0.25, 0.3) is 0 Å². The van der Waals surface area contributed by atoms with Gasteiger partial charge in [-0.3, -0.25) is 9.36 Å². The van der Waals surface area contributed by atoms with Crippen LogP contribution in [-0.2, 0) is 11.3 Å². The molecular formula is C21H23ClN4O2S. The second-order valence-corrected chi connectivity index (χ2v) is 8.58. The summed E-state index contributed by atoms with van der Waals surface area (Å²) in [5, 5.41) is 9.45. The number of benzene rings is 1. The van der Waals surface area contributed by atoms with E-state index in [1.54, 1.807) is 6.33 Å². The van der Waals surface area contributed by atoms with E-state index in [2.05, 4.69) is 14.8 Å². The predicted molar refractivity (Wildman–Crippen MR) is 114 cm³/mol. The lowest BCUT2D eigenvalue weighted by atomic mass is 10.2. The van der Waals surface area contributed by atoms with Gasteiger partial charge in [0, 0.05) is 35.1 Å². The van der Waals surface area contributed by atoms with Gasteiger partial charge in [0.15, 0.2) is 10.9 Å². The molecule has 0 amide bonds. The summed E-state index contributed by atoms with van der Waals surface area (Å²) in [6, 6.07) is 9.45. The molecule has 6 nitrogen and oxygen atoms in total. The summed E-state index contributed by atoms with van der Waals surface area (Å²) in [4.78, 5) is 12.9. The number of thioether (sulfide) groups is 1. The van der Waals surface area contributed by atoms with Gasteiger partial charge in [-0.05, 0) is 51.0 Å². The first-order valence-electron chi connectivity index (χ1n) is 9.63. The lowest BCUT2D eigenvalue weighted by Gasteiger charge is -2.14. The van der Waals surface area contributed by atoms with Crippen molar-refractivity contribution in [3.63, 3.8) is 0 Å². The van der Waals surface area contributed by atoms with Crippen molar-refractivity contribution in [1.29, 1.82) is 0 Å². The van der Waals surface area contributed by atoms with Crippen molar-refractivity contribution in [2.24, 2.45) is 0 Å². The molecule has 1 fully saturated rings. The highest BCUT2D eigenvalue weighted by Gasteiger charge is 2.21. The number of ketones is 1. The van der Waals surface area contributed by atoms with Crippen LogP contribution >= 0.6 is 23.4 Å². The van der Waals surface area contributed by atoms with Crippen LogP contribution in [0.15, 0.2) is 41.8 Å². The molecule has 1 atom stereocenters. The second kappa shape index (κ2) is 8.73. The first-order valence-corrected chi connectivity index (χ1v) is 11.0. The van der Waals surface area contributed by atoms with Crippen LogP contribution in [0.2, 0.25) is 5.02 Å². The van der Waals surface area contributed by atoms with Crippen molar-refractivity contribution in [2.75, 3.05) is 12.4 Å². The Kier molecular flexibility index (Phi) is 6.08. The normalized spacial score (nSPS) is 16.4. The summed E-state index contributed by atoms with van der Waals surface area (Å²) < 4.78 is 9.79. The average molecular weight is 431 g/mol. The van der Waals surface area contributed by atoms with Gasteiger partial charge in [0.1, 0.15) is 6.33 Å². The Morgan fingerprint density at radius 2 is 2.21 bits per heavy atom. The van der Waals surface area contributed by atoms with Gasteiger partial charge in [-0.25, -0.2) is 0 Å². The number of hydrogen-bond acceptors (Lipinski definition) is 5. The molecule has 0 N–H and O–H groups in total. The van der Waals surface area contributed by atoms with Gasteiger partial charge < -0.3 is 9.30 Å². The van der Waals surface area contributed by atoms with Gasteiger partial charge in [-0.15, -0.1) is 10.2 Å². The molecule has 1 saturated heterocycles. The molecule has 0 radical (unpaired) electrons. The number of Topliss-reactive ketones (excluding diaryl/α,β-unsaturated/α-hetero) is 1. The third-order valence-corrected chi connectivity index (χ3v) is 6.40. The fourth-order valence-electron chi connectivity index (χ4n) is 3.69. The van der Waals surface area contributed by atoms with Crippen molar-refractivity contribution >= 4 is 29.1 Å². The molecule has 0 saturated carbocycles. The van der Waals surface area contributed by atoms with Crippen molar-refractivity contribution in [2.45, 2.75) is 44.5 Å².